The number of hydrogen-bond acceptors (Lipinski definition) is 3. The Morgan fingerprint density at radius 1 is 1.29 bits per heavy atom. The average Bonchev–Trinajstić information content (AvgIpc) is 2.25. The molecule has 0 radical (unpaired) electrons. The Bertz CT molecular complexity index is 391. The first-order valence-corrected chi connectivity index (χ1v) is 5.61. The molecule has 1 rings (SSSR count). The number of nitrogens with zero attached hydrogens (tertiary/aromatic N) is 1. The summed E-state index contributed by atoms with van der Waals surface area (Å²) >= 11 is 0. The largest absolute Gasteiger partial charge is 0.507 e. The van der Waals surface area contributed by atoms with Gasteiger partial charge in [0, 0.05) is 20.6 Å². The van der Waals surface area contributed by atoms with Crippen LogP contribution >= 0.6 is 0 Å². The van der Waals surface area contributed by atoms with Gasteiger partial charge in [0.25, 0.3) is 0 Å². The zero-order valence-electron chi connectivity index (χ0n) is 10.9. The first-order chi connectivity index (χ1) is 7.91. The van der Waals surface area contributed by atoms with Crippen molar-refractivity contribution in [2.24, 2.45) is 0 Å². The minimum Gasteiger partial charge on any atom is -0.507 e. The molecule has 1 aromatic rings. The molecule has 0 aliphatic heterocycles. The van der Waals surface area contributed by atoms with Crippen molar-refractivity contribution in [1.29, 1.82) is 0 Å². The minimum absolute atomic E-state index is 0.0530. The highest BCUT2D eigenvalue weighted by Gasteiger charge is 2.05. The van der Waals surface area contributed by atoms with Crippen LogP contribution in [0.5, 0.6) is 5.75 Å². The lowest BCUT2D eigenvalue weighted by Crippen LogP contribution is -2.32. The summed E-state index contributed by atoms with van der Waals surface area (Å²) in [5.41, 5.74) is 2.80. The predicted octanol–water partition coefficient (Wildman–Crippen LogP) is 1.19. The van der Waals surface area contributed by atoms with Gasteiger partial charge in [-0.2, -0.15) is 0 Å². The number of hydrogen-bond donors (Lipinski definition) is 2. The number of amides is 1. The van der Waals surface area contributed by atoms with Crippen molar-refractivity contribution in [2.45, 2.75) is 20.4 Å². The standard InChI is InChI=1S/C13H20N2O2/c1-9-5-11(6-10(2)13(9)17)7-14-8-12(16)15(3)4/h5-6,14,17H,7-8H2,1-4H3. The van der Waals surface area contributed by atoms with Crippen molar-refractivity contribution in [2.75, 3.05) is 20.6 Å². The lowest BCUT2D eigenvalue weighted by Gasteiger charge is -2.12. The van der Waals surface area contributed by atoms with Gasteiger partial charge in [-0.25, -0.2) is 0 Å². The molecular formula is C13H20N2O2. The van der Waals surface area contributed by atoms with Crippen molar-refractivity contribution in [3.05, 3.63) is 28.8 Å². The molecule has 4 nitrogen and oxygen atoms in total. The fourth-order valence-electron chi connectivity index (χ4n) is 1.62. The highest BCUT2D eigenvalue weighted by molar-refractivity contribution is 5.77. The average molecular weight is 236 g/mol. The van der Waals surface area contributed by atoms with E-state index in [1.807, 2.05) is 26.0 Å². The number of rotatable bonds is 4. The van der Waals surface area contributed by atoms with Crippen LogP contribution in [-0.2, 0) is 11.3 Å². The Balaban J connectivity index is 2.56. The summed E-state index contributed by atoms with van der Waals surface area (Å²) in [4.78, 5) is 12.9. The van der Waals surface area contributed by atoms with Crippen molar-refractivity contribution in [1.82, 2.24) is 10.2 Å². The maximum absolute atomic E-state index is 11.3. The molecule has 0 heterocycles. The van der Waals surface area contributed by atoms with Gasteiger partial charge < -0.3 is 15.3 Å². The molecule has 4 heteroatoms. The van der Waals surface area contributed by atoms with Gasteiger partial charge in [0.05, 0.1) is 6.54 Å². The van der Waals surface area contributed by atoms with Crippen LogP contribution in [0.3, 0.4) is 0 Å². The van der Waals surface area contributed by atoms with Crippen LogP contribution in [0.1, 0.15) is 16.7 Å². The maximum atomic E-state index is 11.3. The summed E-state index contributed by atoms with van der Waals surface area (Å²) in [6, 6.07) is 3.85. The fourth-order valence-corrected chi connectivity index (χ4v) is 1.62. The maximum Gasteiger partial charge on any atom is 0.236 e. The molecule has 0 saturated carbocycles. The number of aromatic hydroxyl groups is 1. The number of phenols is 1. The highest BCUT2D eigenvalue weighted by Crippen LogP contribution is 2.22. The Labute approximate surface area is 102 Å². The van der Waals surface area contributed by atoms with Crippen molar-refractivity contribution < 1.29 is 9.90 Å². The topological polar surface area (TPSA) is 52.6 Å². The van der Waals surface area contributed by atoms with Gasteiger partial charge in [-0.15, -0.1) is 0 Å². The quantitative estimate of drug-likeness (QED) is 0.825. The molecule has 0 aliphatic rings. The van der Waals surface area contributed by atoms with E-state index in [1.54, 1.807) is 19.0 Å². The summed E-state index contributed by atoms with van der Waals surface area (Å²) in [6.07, 6.45) is 0. The van der Waals surface area contributed by atoms with Gasteiger partial charge in [-0.3, -0.25) is 4.79 Å². The van der Waals surface area contributed by atoms with E-state index in [2.05, 4.69) is 5.32 Å². The third kappa shape index (κ3) is 3.75. The highest BCUT2D eigenvalue weighted by atomic mass is 16.3. The second-order valence-electron chi connectivity index (χ2n) is 4.47. The second kappa shape index (κ2) is 5.68. The number of carbonyl (C=O) groups excluding carboxylic acids is 1. The van der Waals surface area contributed by atoms with Gasteiger partial charge in [0.15, 0.2) is 0 Å². The first kappa shape index (κ1) is 13.5. The van der Waals surface area contributed by atoms with Gasteiger partial charge in [0.1, 0.15) is 5.75 Å². The molecule has 0 bridgehead atoms. The second-order valence-corrected chi connectivity index (χ2v) is 4.47. The van der Waals surface area contributed by atoms with Crippen LogP contribution in [0.2, 0.25) is 0 Å². The van der Waals surface area contributed by atoms with Crippen LogP contribution in [0.15, 0.2) is 12.1 Å². The molecule has 0 spiro atoms. The van der Waals surface area contributed by atoms with Crippen LogP contribution in [0.25, 0.3) is 0 Å². The zero-order chi connectivity index (χ0) is 13.0. The van der Waals surface area contributed by atoms with E-state index in [9.17, 15) is 9.90 Å². The zero-order valence-corrected chi connectivity index (χ0v) is 10.9. The summed E-state index contributed by atoms with van der Waals surface area (Å²) in [5, 5.41) is 12.7. The van der Waals surface area contributed by atoms with E-state index in [0.717, 1.165) is 16.7 Å². The number of carbonyl (C=O) groups is 1. The normalized spacial score (nSPS) is 10.4. The SMILES string of the molecule is Cc1cc(CNCC(=O)N(C)C)cc(C)c1O. The van der Waals surface area contributed by atoms with Crippen molar-refractivity contribution in [3.8, 4) is 5.75 Å². The summed E-state index contributed by atoms with van der Waals surface area (Å²) in [7, 11) is 3.47. The lowest BCUT2D eigenvalue weighted by molar-refractivity contribution is -0.127. The number of likely N-dealkylation sites (N-methyl/N-ethyl adjacent to an activating group) is 1. The Morgan fingerprint density at radius 3 is 2.29 bits per heavy atom. The number of aryl methyl sites for hydroxylation is 2. The third-order valence-electron chi connectivity index (χ3n) is 2.65. The Kier molecular flexibility index (Phi) is 4.52. The molecule has 0 saturated heterocycles. The molecule has 0 fully saturated rings. The lowest BCUT2D eigenvalue weighted by atomic mass is 10.1. The molecule has 0 aromatic heterocycles. The molecule has 0 unspecified atom stereocenters. The van der Waals surface area contributed by atoms with E-state index >= 15 is 0 Å². The number of benzene rings is 1. The predicted molar refractivity (Wildman–Crippen MR) is 68.0 cm³/mol. The van der Waals surface area contributed by atoms with Gasteiger partial charge in [0.2, 0.25) is 5.91 Å². The van der Waals surface area contributed by atoms with Crippen LogP contribution < -0.4 is 5.32 Å². The first-order valence-electron chi connectivity index (χ1n) is 5.61. The molecule has 2 N–H and O–H groups in total. The molecule has 0 aliphatic carbocycles. The smallest absolute Gasteiger partial charge is 0.236 e. The Hall–Kier alpha value is -1.55. The molecular weight excluding hydrogens is 216 g/mol. The molecule has 1 aromatic carbocycles. The summed E-state index contributed by atoms with van der Waals surface area (Å²) in [6.45, 7) is 4.70. The Morgan fingerprint density at radius 2 is 1.82 bits per heavy atom. The van der Waals surface area contributed by atoms with Crippen LogP contribution in [0.4, 0.5) is 0 Å². The molecule has 0 atom stereocenters. The van der Waals surface area contributed by atoms with E-state index in [4.69, 9.17) is 0 Å². The van der Waals surface area contributed by atoms with Crippen LogP contribution in [-0.4, -0.2) is 36.6 Å². The van der Waals surface area contributed by atoms with Gasteiger partial charge >= 0.3 is 0 Å². The van der Waals surface area contributed by atoms with E-state index < -0.39 is 0 Å². The van der Waals surface area contributed by atoms with E-state index in [0.29, 0.717) is 18.8 Å². The van der Waals surface area contributed by atoms with Crippen LogP contribution in [0, 0.1) is 13.8 Å². The monoisotopic (exact) mass is 236 g/mol. The fraction of sp³-hybridized carbons (Fsp3) is 0.462. The summed E-state index contributed by atoms with van der Waals surface area (Å²) < 4.78 is 0. The summed E-state index contributed by atoms with van der Waals surface area (Å²) in [5.74, 6) is 0.398. The molecule has 1 amide bonds. The molecule has 94 valence electrons. The minimum atomic E-state index is 0.0530. The van der Waals surface area contributed by atoms with E-state index in [-0.39, 0.29) is 5.91 Å². The van der Waals surface area contributed by atoms with Crippen molar-refractivity contribution in [3.63, 3.8) is 0 Å². The van der Waals surface area contributed by atoms with Crippen molar-refractivity contribution >= 4 is 5.91 Å². The van der Waals surface area contributed by atoms with E-state index in [1.165, 1.54) is 0 Å². The third-order valence-corrected chi connectivity index (χ3v) is 2.65. The number of nitrogens with one attached hydrogen (secondary N) is 1. The van der Waals surface area contributed by atoms with Gasteiger partial charge in [-0.1, -0.05) is 12.1 Å². The van der Waals surface area contributed by atoms with Gasteiger partial charge in [-0.05, 0) is 30.5 Å². The molecule has 17 heavy (non-hydrogen) atoms. The number of phenolic OH excluding ortho intramolecular Hbond substituents is 1.